The Labute approximate surface area is 250 Å². The number of nitrogens with zero attached hydrogens (tertiary/aromatic N) is 4. The fourth-order valence-corrected chi connectivity index (χ4v) is 6.49. The number of anilines is 1. The van der Waals surface area contributed by atoms with Crippen molar-refractivity contribution < 1.29 is 19.4 Å². The molecule has 1 fully saturated rings. The lowest BCUT2D eigenvalue weighted by Gasteiger charge is -2.35. The number of imidazole rings is 1. The SMILES string of the molecule is CNC[C@]1(O)CC[C@H](c2nc(-c3ccc(NC(=O)c4cc5c(OC)cccc5n4C)c(OC)c3)c3c(C)nccn32)CC1. The maximum atomic E-state index is 13.4. The third-order valence-corrected chi connectivity index (χ3v) is 8.77. The summed E-state index contributed by atoms with van der Waals surface area (Å²) in [4.78, 5) is 23.2. The average molecular weight is 583 g/mol. The zero-order valence-corrected chi connectivity index (χ0v) is 25.3. The summed E-state index contributed by atoms with van der Waals surface area (Å²) in [5.41, 5.74) is 4.79. The maximum absolute atomic E-state index is 13.4. The number of ether oxygens (including phenoxy) is 2. The van der Waals surface area contributed by atoms with E-state index in [1.165, 1.54) is 0 Å². The number of hydrogen-bond donors (Lipinski definition) is 3. The van der Waals surface area contributed by atoms with Crippen LogP contribution in [0.2, 0.25) is 0 Å². The van der Waals surface area contributed by atoms with Crippen molar-refractivity contribution in [2.75, 3.05) is 33.1 Å². The highest BCUT2D eigenvalue weighted by Gasteiger charge is 2.35. The lowest BCUT2D eigenvalue weighted by Crippen LogP contribution is -2.42. The Morgan fingerprint density at radius 2 is 1.88 bits per heavy atom. The number of aromatic nitrogens is 4. The molecule has 0 spiro atoms. The molecular formula is C33H38N6O4. The summed E-state index contributed by atoms with van der Waals surface area (Å²) in [6.45, 7) is 2.58. The number of nitrogens with one attached hydrogen (secondary N) is 2. The maximum Gasteiger partial charge on any atom is 0.272 e. The van der Waals surface area contributed by atoms with E-state index in [9.17, 15) is 9.90 Å². The largest absolute Gasteiger partial charge is 0.496 e. The second-order valence-electron chi connectivity index (χ2n) is 11.4. The summed E-state index contributed by atoms with van der Waals surface area (Å²) in [5.74, 6) is 2.19. The molecule has 1 aliphatic rings. The zero-order valence-electron chi connectivity index (χ0n) is 25.3. The number of amides is 1. The number of fused-ring (bicyclic) bond motifs is 2. The lowest BCUT2D eigenvalue weighted by molar-refractivity contribution is 0.000956. The second-order valence-corrected chi connectivity index (χ2v) is 11.4. The van der Waals surface area contributed by atoms with E-state index in [0.717, 1.165) is 64.9 Å². The predicted octanol–water partition coefficient (Wildman–Crippen LogP) is 5.07. The molecule has 0 unspecified atom stereocenters. The van der Waals surface area contributed by atoms with Gasteiger partial charge in [-0.1, -0.05) is 12.1 Å². The Bertz CT molecular complexity index is 1820. The fourth-order valence-electron chi connectivity index (χ4n) is 6.49. The van der Waals surface area contributed by atoms with Crippen molar-refractivity contribution in [1.82, 2.24) is 24.3 Å². The molecule has 0 saturated heterocycles. The number of rotatable bonds is 8. The summed E-state index contributed by atoms with van der Waals surface area (Å²) >= 11 is 0. The molecule has 10 heteroatoms. The molecule has 1 aliphatic carbocycles. The molecule has 10 nitrogen and oxygen atoms in total. The fraction of sp³-hybridized carbons (Fsp3) is 0.364. The van der Waals surface area contributed by atoms with Crippen LogP contribution in [0.25, 0.3) is 27.7 Å². The van der Waals surface area contributed by atoms with Crippen molar-refractivity contribution in [2.24, 2.45) is 7.05 Å². The van der Waals surface area contributed by atoms with Gasteiger partial charge in [-0.3, -0.25) is 14.2 Å². The molecule has 0 bridgehead atoms. The third kappa shape index (κ3) is 5.10. The molecular weight excluding hydrogens is 544 g/mol. The van der Waals surface area contributed by atoms with Crippen molar-refractivity contribution in [2.45, 2.75) is 44.1 Å². The van der Waals surface area contributed by atoms with Crippen LogP contribution in [0.15, 0.2) is 54.9 Å². The summed E-state index contributed by atoms with van der Waals surface area (Å²) in [7, 11) is 6.95. The van der Waals surface area contributed by atoms with Crippen molar-refractivity contribution >= 4 is 28.0 Å². The van der Waals surface area contributed by atoms with Gasteiger partial charge in [0.25, 0.3) is 5.91 Å². The molecule has 1 amide bonds. The topological polar surface area (TPSA) is 115 Å². The summed E-state index contributed by atoms with van der Waals surface area (Å²) in [6.07, 6.45) is 6.92. The molecule has 3 aromatic heterocycles. The van der Waals surface area contributed by atoms with Gasteiger partial charge >= 0.3 is 0 Å². The molecule has 0 atom stereocenters. The van der Waals surface area contributed by atoms with Gasteiger partial charge in [0.05, 0.1) is 47.9 Å². The zero-order chi connectivity index (χ0) is 30.3. The van der Waals surface area contributed by atoms with E-state index < -0.39 is 5.60 Å². The molecule has 3 heterocycles. The molecule has 6 rings (SSSR count). The highest BCUT2D eigenvalue weighted by molar-refractivity contribution is 6.08. The highest BCUT2D eigenvalue weighted by Crippen LogP contribution is 2.40. The molecule has 224 valence electrons. The van der Waals surface area contributed by atoms with Crippen molar-refractivity contribution in [1.29, 1.82) is 0 Å². The Hall–Kier alpha value is -4.41. The van der Waals surface area contributed by atoms with Gasteiger partial charge in [0.2, 0.25) is 0 Å². The van der Waals surface area contributed by atoms with Crippen LogP contribution in [0.4, 0.5) is 5.69 Å². The smallest absolute Gasteiger partial charge is 0.272 e. The standard InChI is InChI=1S/C33H38N6O4/c1-20-30-29(37-31(39(30)16-15-35-20)21-11-13-33(41,14-12-21)19-34-2)22-9-10-24(28(17-22)43-5)36-32(40)26-18-23-25(38(26)3)7-6-8-27(23)42-4/h6-10,15-18,21,34,41H,11-14,19H2,1-5H3,(H,36,40)/t21-,33-. The molecule has 2 aromatic carbocycles. The molecule has 0 radical (unpaired) electrons. The van der Waals surface area contributed by atoms with E-state index in [0.29, 0.717) is 29.4 Å². The van der Waals surface area contributed by atoms with Crippen LogP contribution in [0.3, 0.4) is 0 Å². The van der Waals surface area contributed by atoms with E-state index in [1.54, 1.807) is 20.4 Å². The number of aliphatic hydroxyl groups is 1. The van der Waals surface area contributed by atoms with Crippen molar-refractivity contribution in [3.63, 3.8) is 0 Å². The molecule has 1 saturated carbocycles. The van der Waals surface area contributed by atoms with Gasteiger partial charge in [0.1, 0.15) is 23.0 Å². The number of hydrogen-bond acceptors (Lipinski definition) is 7. The summed E-state index contributed by atoms with van der Waals surface area (Å²) in [6, 6.07) is 13.3. The minimum absolute atomic E-state index is 0.222. The first kappa shape index (κ1) is 28.7. The van der Waals surface area contributed by atoms with Gasteiger partial charge in [-0.05, 0) is 70.0 Å². The van der Waals surface area contributed by atoms with E-state index in [-0.39, 0.29) is 11.8 Å². The normalized spacial score (nSPS) is 18.7. The van der Waals surface area contributed by atoms with Gasteiger partial charge in [0, 0.05) is 42.9 Å². The first-order valence-corrected chi connectivity index (χ1v) is 14.6. The summed E-state index contributed by atoms with van der Waals surface area (Å²) < 4.78 is 15.2. The van der Waals surface area contributed by atoms with E-state index in [1.807, 2.05) is 74.2 Å². The van der Waals surface area contributed by atoms with Crippen LogP contribution >= 0.6 is 0 Å². The van der Waals surface area contributed by atoms with Crippen LogP contribution in [-0.2, 0) is 7.05 Å². The van der Waals surface area contributed by atoms with Gasteiger partial charge in [-0.15, -0.1) is 0 Å². The average Bonchev–Trinajstić information content (AvgIpc) is 3.57. The van der Waals surface area contributed by atoms with Crippen LogP contribution in [0.1, 0.15) is 53.6 Å². The third-order valence-electron chi connectivity index (χ3n) is 8.77. The van der Waals surface area contributed by atoms with Crippen molar-refractivity contribution in [3.8, 4) is 22.8 Å². The number of aryl methyl sites for hydroxylation is 2. The number of methoxy groups -OCH3 is 2. The van der Waals surface area contributed by atoms with Gasteiger partial charge in [-0.2, -0.15) is 0 Å². The molecule has 5 aromatic rings. The number of carbonyl (C=O) groups is 1. The molecule has 3 N–H and O–H groups in total. The minimum atomic E-state index is -0.676. The predicted molar refractivity (Wildman–Crippen MR) is 167 cm³/mol. The number of carbonyl (C=O) groups excluding carboxylic acids is 1. The van der Waals surface area contributed by atoms with Crippen LogP contribution < -0.4 is 20.1 Å². The quantitative estimate of drug-likeness (QED) is 0.234. The van der Waals surface area contributed by atoms with Gasteiger partial charge in [-0.25, -0.2) is 4.98 Å². The lowest BCUT2D eigenvalue weighted by atomic mass is 9.78. The Morgan fingerprint density at radius 1 is 1.12 bits per heavy atom. The Balaban J connectivity index is 1.32. The number of likely N-dealkylation sites (N-methyl/N-ethyl adjacent to an activating group) is 1. The first-order chi connectivity index (χ1) is 20.8. The molecule has 43 heavy (non-hydrogen) atoms. The van der Waals surface area contributed by atoms with E-state index >= 15 is 0 Å². The van der Waals surface area contributed by atoms with Gasteiger partial charge < -0.3 is 29.8 Å². The first-order valence-electron chi connectivity index (χ1n) is 14.6. The van der Waals surface area contributed by atoms with Crippen LogP contribution in [-0.4, -0.2) is 63.4 Å². The number of benzene rings is 2. The monoisotopic (exact) mass is 582 g/mol. The van der Waals surface area contributed by atoms with Gasteiger partial charge in [0.15, 0.2) is 0 Å². The van der Waals surface area contributed by atoms with Crippen LogP contribution in [0.5, 0.6) is 11.5 Å². The molecule has 0 aliphatic heterocycles. The minimum Gasteiger partial charge on any atom is -0.496 e. The van der Waals surface area contributed by atoms with Crippen LogP contribution in [0, 0.1) is 6.92 Å². The Morgan fingerprint density at radius 3 is 2.60 bits per heavy atom. The highest BCUT2D eigenvalue weighted by atomic mass is 16.5. The van der Waals surface area contributed by atoms with E-state index in [4.69, 9.17) is 14.5 Å². The summed E-state index contributed by atoms with van der Waals surface area (Å²) in [5, 5.41) is 17.9. The van der Waals surface area contributed by atoms with Crippen molar-refractivity contribution in [3.05, 3.63) is 72.1 Å². The Kier molecular flexibility index (Phi) is 7.57. The van der Waals surface area contributed by atoms with E-state index in [2.05, 4.69) is 20.0 Å². The second kappa shape index (κ2) is 11.3.